The van der Waals surface area contributed by atoms with Crippen molar-refractivity contribution in [3.63, 3.8) is 0 Å². The predicted molar refractivity (Wildman–Crippen MR) is 168 cm³/mol. The molecular formula is C32H36BrNO9. The lowest BCUT2D eigenvalue weighted by atomic mass is 10.0. The van der Waals surface area contributed by atoms with Gasteiger partial charge < -0.3 is 43.2 Å². The molecule has 2 unspecified atom stereocenters. The second-order valence-corrected chi connectivity index (χ2v) is 10.3. The molecule has 3 aromatic carbocycles. The van der Waals surface area contributed by atoms with E-state index in [-0.39, 0.29) is 17.7 Å². The number of rotatable bonds is 14. The topological polar surface area (TPSA) is 103 Å². The van der Waals surface area contributed by atoms with Gasteiger partial charge in [0.05, 0.1) is 67.0 Å². The van der Waals surface area contributed by atoms with Gasteiger partial charge in [-0.2, -0.15) is 0 Å². The summed E-state index contributed by atoms with van der Waals surface area (Å²) in [5, 5.41) is 3.53. The number of hydrogen-bond acceptors (Lipinski definition) is 10. The van der Waals surface area contributed by atoms with Crippen LogP contribution >= 0.6 is 15.9 Å². The van der Waals surface area contributed by atoms with E-state index >= 15 is 0 Å². The zero-order valence-corrected chi connectivity index (χ0v) is 27.0. The van der Waals surface area contributed by atoms with Crippen molar-refractivity contribution in [2.45, 2.75) is 12.5 Å². The summed E-state index contributed by atoms with van der Waals surface area (Å²) in [5.74, 6) is 3.56. The molecule has 0 bridgehead atoms. The second kappa shape index (κ2) is 13.8. The first-order valence-electron chi connectivity index (χ1n) is 13.3. The molecule has 0 amide bonds. The minimum Gasteiger partial charge on any atom is -0.493 e. The minimum absolute atomic E-state index is 0.0555. The van der Waals surface area contributed by atoms with E-state index in [4.69, 9.17) is 37.9 Å². The molecule has 1 saturated carbocycles. The average molecular weight is 659 g/mol. The van der Waals surface area contributed by atoms with Gasteiger partial charge in [0.1, 0.15) is 0 Å². The van der Waals surface area contributed by atoms with Crippen molar-refractivity contribution in [1.82, 2.24) is 0 Å². The smallest absolute Gasteiger partial charge is 0.204 e. The van der Waals surface area contributed by atoms with Crippen LogP contribution in [-0.4, -0.2) is 68.7 Å². The summed E-state index contributed by atoms with van der Waals surface area (Å²) in [4.78, 5) is 13.7. The lowest BCUT2D eigenvalue weighted by Crippen LogP contribution is -2.14. The maximum Gasteiger partial charge on any atom is 0.204 e. The highest BCUT2D eigenvalue weighted by Gasteiger charge is 2.45. The predicted octanol–water partition coefficient (Wildman–Crippen LogP) is 6.37. The van der Waals surface area contributed by atoms with Gasteiger partial charge in [-0.25, -0.2) is 0 Å². The van der Waals surface area contributed by atoms with Crippen LogP contribution in [0.5, 0.6) is 46.0 Å². The SMILES string of the molecule is COc1cc(/C=C\c2ccc(OC)c(OC)c2NC2CC2C(=O)c2cc(OC)c(OC)c(OC)c2Br)cc(OC)c1OC. The third-order valence-electron chi connectivity index (χ3n) is 7.21. The molecular weight excluding hydrogens is 622 g/mol. The number of carbonyl (C=O) groups is 1. The highest BCUT2D eigenvalue weighted by molar-refractivity contribution is 9.10. The largest absolute Gasteiger partial charge is 0.493 e. The lowest BCUT2D eigenvalue weighted by molar-refractivity contribution is 0.0964. The summed E-state index contributed by atoms with van der Waals surface area (Å²) in [7, 11) is 12.4. The van der Waals surface area contributed by atoms with Crippen molar-refractivity contribution in [3.8, 4) is 46.0 Å². The van der Waals surface area contributed by atoms with E-state index < -0.39 is 0 Å². The highest BCUT2D eigenvalue weighted by Crippen LogP contribution is 2.49. The molecule has 3 aromatic rings. The molecule has 4 rings (SSSR count). The Morgan fingerprint density at radius 1 is 0.698 bits per heavy atom. The van der Waals surface area contributed by atoms with Crippen LogP contribution in [0, 0.1) is 5.92 Å². The molecule has 230 valence electrons. The van der Waals surface area contributed by atoms with Crippen LogP contribution in [0.15, 0.2) is 34.8 Å². The van der Waals surface area contributed by atoms with E-state index in [0.717, 1.165) is 11.1 Å². The van der Waals surface area contributed by atoms with Gasteiger partial charge in [-0.15, -0.1) is 0 Å². The van der Waals surface area contributed by atoms with Gasteiger partial charge in [-0.05, 0) is 58.2 Å². The number of carbonyl (C=O) groups excluding carboxylic acids is 1. The van der Waals surface area contributed by atoms with Gasteiger partial charge in [0, 0.05) is 23.1 Å². The third-order valence-corrected chi connectivity index (χ3v) is 8.00. The van der Waals surface area contributed by atoms with E-state index in [9.17, 15) is 4.79 Å². The van der Waals surface area contributed by atoms with Gasteiger partial charge in [-0.3, -0.25) is 4.79 Å². The van der Waals surface area contributed by atoms with E-state index in [2.05, 4.69) is 21.2 Å². The fourth-order valence-corrected chi connectivity index (χ4v) is 5.60. The zero-order chi connectivity index (χ0) is 31.3. The summed E-state index contributed by atoms with van der Waals surface area (Å²) in [5.41, 5.74) is 2.82. The maximum absolute atomic E-state index is 13.7. The summed E-state index contributed by atoms with van der Waals surface area (Å²) < 4.78 is 44.7. The maximum atomic E-state index is 13.7. The number of halogens is 1. The number of hydrogen-bond donors (Lipinski definition) is 1. The van der Waals surface area contributed by atoms with Crippen LogP contribution < -0.4 is 43.2 Å². The molecule has 43 heavy (non-hydrogen) atoms. The zero-order valence-electron chi connectivity index (χ0n) is 25.5. The first-order valence-corrected chi connectivity index (χ1v) is 14.1. The van der Waals surface area contributed by atoms with Crippen molar-refractivity contribution < 1.29 is 42.7 Å². The number of Topliss-reactive ketones (excluding diaryl/α,β-unsaturated/α-hetero) is 1. The lowest BCUT2D eigenvalue weighted by Gasteiger charge is -2.18. The Balaban J connectivity index is 1.66. The molecule has 0 spiro atoms. The second-order valence-electron chi connectivity index (χ2n) is 9.52. The summed E-state index contributed by atoms with van der Waals surface area (Å²) in [6.07, 6.45) is 4.50. The fourth-order valence-electron chi connectivity index (χ4n) is 4.94. The molecule has 1 fully saturated rings. The summed E-state index contributed by atoms with van der Waals surface area (Å²) in [6.45, 7) is 0. The quantitative estimate of drug-likeness (QED) is 0.155. The first-order chi connectivity index (χ1) is 20.8. The van der Waals surface area contributed by atoms with Gasteiger partial charge >= 0.3 is 0 Å². The van der Waals surface area contributed by atoms with E-state index in [1.54, 1.807) is 41.6 Å². The number of methoxy groups -OCH3 is 8. The van der Waals surface area contributed by atoms with Gasteiger partial charge in [-0.1, -0.05) is 12.2 Å². The van der Waals surface area contributed by atoms with Crippen molar-refractivity contribution in [2.75, 3.05) is 62.2 Å². The summed E-state index contributed by atoms with van der Waals surface area (Å²) in [6, 6.07) is 9.00. The molecule has 1 N–H and O–H groups in total. The fraction of sp³-hybridized carbons (Fsp3) is 0.344. The van der Waals surface area contributed by atoms with Gasteiger partial charge in [0.25, 0.3) is 0 Å². The van der Waals surface area contributed by atoms with Crippen LogP contribution in [0.4, 0.5) is 5.69 Å². The molecule has 1 aliphatic carbocycles. The van der Waals surface area contributed by atoms with E-state index in [0.29, 0.717) is 68.1 Å². The number of ketones is 1. The first kappa shape index (κ1) is 31.7. The monoisotopic (exact) mass is 657 g/mol. The van der Waals surface area contributed by atoms with Crippen LogP contribution in [0.3, 0.4) is 0 Å². The normalized spacial score (nSPS) is 15.5. The van der Waals surface area contributed by atoms with E-state index in [1.165, 1.54) is 21.3 Å². The van der Waals surface area contributed by atoms with E-state index in [1.807, 2.05) is 36.4 Å². The van der Waals surface area contributed by atoms with Crippen LogP contribution in [-0.2, 0) is 0 Å². The minimum atomic E-state index is -0.290. The molecule has 2 atom stereocenters. The molecule has 0 radical (unpaired) electrons. The average Bonchev–Trinajstić information content (AvgIpc) is 3.81. The van der Waals surface area contributed by atoms with Crippen LogP contribution in [0.1, 0.15) is 27.9 Å². The van der Waals surface area contributed by atoms with Crippen molar-refractivity contribution in [2.24, 2.45) is 5.92 Å². The molecule has 0 aromatic heterocycles. The Bertz CT molecular complexity index is 1500. The standard InChI is InChI=1S/C32H36BrNO9/c1-36-22-12-11-18(10-9-17-13-23(37-2)29(40-5)24(14-17)38-3)27(30(22)41-6)34-21-15-19(21)28(35)20-16-25(39-4)31(42-7)32(43-8)26(20)33/h9-14,16,19,21,34H,15H2,1-8H3/b10-9-. The Hall–Kier alpha value is -4.25. The van der Waals surface area contributed by atoms with Crippen molar-refractivity contribution in [1.29, 1.82) is 0 Å². The Kier molecular flexibility index (Phi) is 10.2. The number of anilines is 1. The van der Waals surface area contributed by atoms with Crippen LogP contribution in [0.25, 0.3) is 12.2 Å². The third kappa shape index (κ3) is 6.27. The molecule has 1 aliphatic rings. The van der Waals surface area contributed by atoms with Gasteiger partial charge in [0.15, 0.2) is 40.3 Å². The summed E-state index contributed by atoms with van der Waals surface area (Å²) >= 11 is 3.53. The Morgan fingerprint density at radius 3 is 1.79 bits per heavy atom. The van der Waals surface area contributed by atoms with Crippen LogP contribution in [0.2, 0.25) is 0 Å². The number of benzene rings is 3. The molecule has 0 aliphatic heterocycles. The van der Waals surface area contributed by atoms with Gasteiger partial charge in [0.2, 0.25) is 11.5 Å². The molecule has 11 heteroatoms. The Labute approximate surface area is 259 Å². The highest BCUT2D eigenvalue weighted by atomic mass is 79.9. The molecule has 0 saturated heterocycles. The van der Waals surface area contributed by atoms with Crippen molar-refractivity contribution in [3.05, 3.63) is 51.5 Å². The van der Waals surface area contributed by atoms with Crippen molar-refractivity contribution >= 4 is 39.6 Å². The molecule has 0 heterocycles. The number of ether oxygens (including phenoxy) is 8. The number of nitrogens with one attached hydrogen (secondary N) is 1. The molecule has 10 nitrogen and oxygen atoms in total. The Morgan fingerprint density at radius 2 is 1.26 bits per heavy atom.